The molecule has 2 aromatic rings. The second kappa shape index (κ2) is 6.05. The molecule has 0 aliphatic rings. The largest absolute Gasteiger partial charge is 0.372 e. The van der Waals surface area contributed by atoms with Crippen LogP contribution in [0.5, 0.6) is 0 Å². The van der Waals surface area contributed by atoms with Crippen molar-refractivity contribution >= 4 is 33.3 Å². The zero-order valence-electron chi connectivity index (χ0n) is 11.6. The zero-order valence-corrected chi connectivity index (χ0v) is 13.2. The van der Waals surface area contributed by atoms with E-state index in [9.17, 15) is 4.79 Å². The van der Waals surface area contributed by atoms with Gasteiger partial charge in [0.05, 0.1) is 5.56 Å². The van der Waals surface area contributed by atoms with Crippen molar-refractivity contribution in [3.05, 3.63) is 51.6 Å². The van der Waals surface area contributed by atoms with Gasteiger partial charge < -0.3 is 10.6 Å². The molecule has 0 unspecified atom stereocenters. The molecule has 0 atom stereocenters. The minimum Gasteiger partial charge on any atom is -0.372 e. The van der Waals surface area contributed by atoms with E-state index in [2.05, 4.69) is 31.5 Å². The van der Waals surface area contributed by atoms with Crippen molar-refractivity contribution in [2.24, 2.45) is 0 Å². The molecule has 104 valence electrons. The fraction of sp³-hybridized carbons (Fsp3) is 0.200. The second-order valence-electron chi connectivity index (χ2n) is 4.52. The molecule has 0 aliphatic heterocycles. The molecule has 0 spiro atoms. The maximum absolute atomic E-state index is 12.4. The number of para-hydroxylation sites is 1. The van der Waals surface area contributed by atoms with Gasteiger partial charge in [-0.25, -0.2) is 4.98 Å². The third-order valence-electron chi connectivity index (χ3n) is 3.06. The number of nitrogens with one attached hydrogen (secondary N) is 2. The van der Waals surface area contributed by atoms with Crippen molar-refractivity contribution in [2.75, 3.05) is 17.7 Å². The van der Waals surface area contributed by atoms with Gasteiger partial charge in [-0.3, -0.25) is 4.79 Å². The number of pyridine rings is 1. The van der Waals surface area contributed by atoms with Crippen molar-refractivity contribution in [1.82, 2.24) is 4.98 Å². The third kappa shape index (κ3) is 2.99. The SMILES string of the molecule is CNc1ncc(Br)cc1C(=O)Nc1c(C)cccc1C. The highest BCUT2D eigenvalue weighted by Gasteiger charge is 2.14. The molecular formula is C15H16BrN3O. The van der Waals surface area contributed by atoms with E-state index in [1.807, 2.05) is 32.0 Å². The summed E-state index contributed by atoms with van der Waals surface area (Å²) in [5.74, 6) is 0.373. The number of carbonyl (C=O) groups is 1. The molecule has 1 heterocycles. The molecule has 2 N–H and O–H groups in total. The summed E-state index contributed by atoms with van der Waals surface area (Å²) in [7, 11) is 1.74. The van der Waals surface area contributed by atoms with E-state index in [4.69, 9.17) is 0 Å². The van der Waals surface area contributed by atoms with Crippen LogP contribution in [0.15, 0.2) is 34.9 Å². The highest BCUT2D eigenvalue weighted by Crippen LogP contribution is 2.23. The maximum atomic E-state index is 12.4. The molecule has 4 nitrogen and oxygen atoms in total. The predicted octanol–water partition coefficient (Wildman–Crippen LogP) is 3.75. The number of anilines is 2. The molecule has 0 fully saturated rings. The van der Waals surface area contributed by atoms with Gasteiger partial charge >= 0.3 is 0 Å². The number of amides is 1. The monoisotopic (exact) mass is 333 g/mol. The maximum Gasteiger partial charge on any atom is 0.259 e. The average molecular weight is 334 g/mol. The Hall–Kier alpha value is -1.88. The molecule has 1 amide bonds. The number of nitrogens with zero attached hydrogens (tertiary/aromatic N) is 1. The van der Waals surface area contributed by atoms with E-state index in [0.29, 0.717) is 11.4 Å². The van der Waals surface area contributed by atoms with Gasteiger partial charge in [-0.1, -0.05) is 18.2 Å². The highest BCUT2D eigenvalue weighted by atomic mass is 79.9. The van der Waals surface area contributed by atoms with Crippen LogP contribution in [0.3, 0.4) is 0 Å². The van der Waals surface area contributed by atoms with Crippen molar-refractivity contribution in [3.63, 3.8) is 0 Å². The molecule has 1 aromatic carbocycles. The normalized spacial score (nSPS) is 10.2. The van der Waals surface area contributed by atoms with Crippen molar-refractivity contribution in [1.29, 1.82) is 0 Å². The Morgan fingerprint density at radius 3 is 2.50 bits per heavy atom. The zero-order chi connectivity index (χ0) is 14.7. The van der Waals surface area contributed by atoms with Gasteiger partial charge in [-0.05, 0) is 47.0 Å². The Balaban J connectivity index is 2.35. The molecule has 5 heteroatoms. The molecule has 20 heavy (non-hydrogen) atoms. The first-order chi connectivity index (χ1) is 9.52. The fourth-order valence-corrected chi connectivity index (χ4v) is 2.34. The van der Waals surface area contributed by atoms with Gasteiger partial charge in [0, 0.05) is 23.4 Å². The van der Waals surface area contributed by atoms with Crippen LogP contribution in [0.2, 0.25) is 0 Å². The van der Waals surface area contributed by atoms with E-state index in [0.717, 1.165) is 21.3 Å². The summed E-state index contributed by atoms with van der Waals surface area (Å²) >= 11 is 3.34. The van der Waals surface area contributed by atoms with Crippen LogP contribution in [-0.4, -0.2) is 17.9 Å². The summed E-state index contributed by atoms with van der Waals surface area (Å²) < 4.78 is 0.767. The summed E-state index contributed by atoms with van der Waals surface area (Å²) in [6.45, 7) is 3.95. The Labute approximate surface area is 126 Å². The molecule has 0 saturated heterocycles. The Morgan fingerprint density at radius 1 is 1.25 bits per heavy atom. The van der Waals surface area contributed by atoms with E-state index in [-0.39, 0.29) is 5.91 Å². The van der Waals surface area contributed by atoms with Gasteiger partial charge in [-0.2, -0.15) is 0 Å². The van der Waals surface area contributed by atoms with Crippen LogP contribution in [0, 0.1) is 13.8 Å². The van der Waals surface area contributed by atoms with Crippen LogP contribution in [0.1, 0.15) is 21.5 Å². The number of hydrogen-bond acceptors (Lipinski definition) is 3. The lowest BCUT2D eigenvalue weighted by molar-refractivity contribution is 0.102. The quantitative estimate of drug-likeness (QED) is 0.899. The van der Waals surface area contributed by atoms with Crippen LogP contribution in [-0.2, 0) is 0 Å². The van der Waals surface area contributed by atoms with Crippen LogP contribution >= 0.6 is 15.9 Å². The number of aryl methyl sites for hydroxylation is 2. The van der Waals surface area contributed by atoms with Crippen molar-refractivity contribution in [3.8, 4) is 0 Å². The first-order valence-electron chi connectivity index (χ1n) is 6.23. The van der Waals surface area contributed by atoms with Gasteiger partial charge in [0.1, 0.15) is 5.82 Å². The first kappa shape index (κ1) is 14.5. The van der Waals surface area contributed by atoms with Crippen LogP contribution in [0.4, 0.5) is 11.5 Å². The molecule has 0 bridgehead atoms. The second-order valence-corrected chi connectivity index (χ2v) is 5.44. The van der Waals surface area contributed by atoms with Crippen molar-refractivity contribution in [2.45, 2.75) is 13.8 Å². The molecule has 0 aliphatic carbocycles. The Morgan fingerprint density at radius 2 is 1.90 bits per heavy atom. The topological polar surface area (TPSA) is 54.0 Å². The van der Waals surface area contributed by atoms with E-state index >= 15 is 0 Å². The third-order valence-corrected chi connectivity index (χ3v) is 3.49. The predicted molar refractivity (Wildman–Crippen MR) is 85.4 cm³/mol. The number of halogens is 1. The highest BCUT2D eigenvalue weighted by molar-refractivity contribution is 9.10. The number of carbonyl (C=O) groups excluding carboxylic acids is 1. The van der Waals surface area contributed by atoms with Crippen molar-refractivity contribution < 1.29 is 4.79 Å². The van der Waals surface area contributed by atoms with E-state index in [1.165, 1.54) is 0 Å². The van der Waals surface area contributed by atoms with Gasteiger partial charge in [0.15, 0.2) is 0 Å². The summed E-state index contributed by atoms with van der Waals surface area (Å²) in [5, 5.41) is 5.88. The standard InChI is InChI=1S/C15H16BrN3O/c1-9-5-4-6-10(2)13(9)19-15(20)12-7-11(16)8-18-14(12)17-3/h4-8H,1-3H3,(H,17,18)(H,19,20). The summed E-state index contributed by atoms with van der Waals surface area (Å²) in [6.07, 6.45) is 1.65. The van der Waals surface area contributed by atoms with Gasteiger partial charge in [-0.15, -0.1) is 0 Å². The van der Waals surface area contributed by atoms with E-state index in [1.54, 1.807) is 19.3 Å². The molecule has 0 saturated carbocycles. The first-order valence-corrected chi connectivity index (χ1v) is 7.03. The smallest absolute Gasteiger partial charge is 0.259 e. The van der Waals surface area contributed by atoms with Gasteiger partial charge in [0.2, 0.25) is 0 Å². The van der Waals surface area contributed by atoms with Crippen LogP contribution < -0.4 is 10.6 Å². The lowest BCUT2D eigenvalue weighted by Crippen LogP contribution is -2.16. The number of hydrogen-bond donors (Lipinski definition) is 2. The lowest BCUT2D eigenvalue weighted by atomic mass is 10.1. The minimum absolute atomic E-state index is 0.180. The summed E-state index contributed by atoms with van der Waals surface area (Å²) in [5.41, 5.74) is 3.42. The summed E-state index contributed by atoms with van der Waals surface area (Å²) in [6, 6.07) is 7.67. The molecule has 2 rings (SSSR count). The number of aromatic nitrogens is 1. The Bertz CT molecular complexity index is 635. The van der Waals surface area contributed by atoms with Gasteiger partial charge in [0.25, 0.3) is 5.91 Å². The summed E-state index contributed by atoms with van der Waals surface area (Å²) in [4.78, 5) is 16.6. The minimum atomic E-state index is -0.180. The number of benzene rings is 1. The molecular weight excluding hydrogens is 318 g/mol. The Kier molecular flexibility index (Phi) is 4.39. The van der Waals surface area contributed by atoms with Crippen LogP contribution in [0.25, 0.3) is 0 Å². The lowest BCUT2D eigenvalue weighted by Gasteiger charge is -2.13. The van der Waals surface area contributed by atoms with E-state index < -0.39 is 0 Å². The molecule has 1 aromatic heterocycles. The average Bonchev–Trinajstić information content (AvgIpc) is 2.43. The molecule has 0 radical (unpaired) electrons. The number of rotatable bonds is 3. The fourth-order valence-electron chi connectivity index (χ4n) is 2.00.